The Morgan fingerprint density at radius 3 is 1.31 bits per heavy atom. The van der Waals surface area contributed by atoms with Crippen molar-refractivity contribution in [2.45, 2.75) is 48.8 Å². The highest BCUT2D eigenvalue weighted by atomic mass is 32.2. The van der Waals surface area contributed by atoms with E-state index in [2.05, 4.69) is 0 Å². The third-order valence-electron chi connectivity index (χ3n) is 4.30. The molecule has 7 nitrogen and oxygen atoms in total. The van der Waals surface area contributed by atoms with E-state index in [1.807, 2.05) is 0 Å². The molecular weight excluding hydrogens is 418 g/mol. The molecule has 2 rings (SSSR count). The zero-order chi connectivity index (χ0) is 20.1. The Balaban J connectivity index is 2.57. The molecule has 0 aromatic carbocycles. The predicted molar refractivity (Wildman–Crippen MR) is 74.4 cm³/mol. The van der Waals surface area contributed by atoms with Crippen LogP contribution in [0.3, 0.4) is 0 Å². The summed E-state index contributed by atoms with van der Waals surface area (Å²) in [6.45, 7) is -2.68. The van der Waals surface area contributed by atoms with Crippen LogP contribution in [0.2, 0.25) is 0 Å². The molecule has 0 amide bonds. The van der Waals surface area contributed by atoms with Gasteiger partial charge in [-0.1, -0.05) is 12.8 Å². The van der Waals surface area contributed by atoms with Crippen LogP contribution in [-0.2, 0) is 24.8 Å². The zero-order valence-electron chi connectivity index (χ0n) is 12.9. The molecule has 15 heteroatoms. The number of Topliss-reactive ketones (excluding diaryl/α,β-unsaturated/α-hetero) is 1. The molecule has 152 valence electrons. The Bertz CT molecular complexity index is 712. The van der Waals surface area contributed by atoms with Crippen molar-refractivity contribution in [2.24, 2.45) is 0 Å². The van der Waals surface area contributed by atoms with Crippen molar-refractivity contribution in [2.75, 3.05) is 13.1 Å². The lowest BCUT2D eigenvalue weighted by Gasteiger charge is -2.40. The van der Waals surface area contributed by atoms with Gasteiger partial charge in [0.1, 0.15) is 0 Å². The number of carbonyl (C=O) groups is 1. The molecule has 1 saturated carbocycles. The van der Waals surface area contributed by atoms with Crippen molar-refractivity contribution in [3.63, 3.8) is 0 Å². The van der Waals surface area contributed by atoms with Gasteiger partial charge >= 0.3 is 31.1 Å². The lowest BCUT2D eigenvalue weighted by atomic mass is 9.90. The predicted octanol–water partition coefficient (Wildman–Crippen LogP) is 1.18. The minimum atomic E-state index is -6.02. The summed E-state index contributed by atoms with van der Waals surface area (Å²) in [5, 5.41) is 0. The molecule has 1 saturated heterocycles. The highest BCUT2D eigenvalue weighted by Crippen LogP contribution is 2.39. The fourth-order valence-electron chi connectivity index (χ4n) is 3.19. The van der Waals surface area contributed by atoms with Crippen LogP contribution in [0, 0.1) is 0 Å². The van der Waals surface area contributed by atoms with Crippen molar-refractivity contribution in [1.29, 1.82) is 0 Å². The number of ketones is 1. The highest BCUT2D eigenvalue weighted by Gasteiger charge is 2.59. The SMILES string of the molecule is O=C1CN(S(=O)(=O)C(F)(F)F)[C@@H]2CCCC[C@H]2N(S(=O)(=O)C(F)(F)F)C1. The number of fused-ring (bicyclic) bond motifs is 1. The number of carbonyl (C=O) groups excluding carboxylic acids is 1. The van der Waals surface area contributed by atoms with E-state index in [1.54, 1.807) is 0 Å². The Morgan fingerprint density at radius 2 is 1.04 bits per heavy atom. The standard InChI is InChI=1S/C11H14F6N2O5S2/c12-10(13,14)25(21,22)18-5-7(20)6-19(26(23,24)11(15,16)17)9-4-2-1-3-8(9)18/h8-9H,1-6H2/t8-,9-/m1/s1. The third-order valence-corrected chi connectivity index (χ3v) is 7.51. The summed E-state index contributed by atoms with van der Waals surface area (Å²) in [5.41, 5.74) is -11.5. The summed E-state index contributed by atoms with van der Waals surface area (Å²) in [7, 11) is -12.0. The average Bonchev–Trinajstić information content (AvgIpc) is 2.62. The maximum absolute atomic E-state index is 12.9. The molecular formula is C11H14F6N2O5S2. The molecule has 0 radical (unpaired) electrons. The van der Waals surface area contributed by atoms with Gasteiger partial charge in [0.15, 0.2) is 5.78 Å². The summed E-state index contributed by atoms with van der Waals surface area (Å²) < 4.78 is 124. The Hall–Kier alpha value is -0.930. The van der Waals surface area contributed by atoms with Crippen LogP contribution < -0.4 is 0 Å². The quantitative estimate of drug-likeness (QED) is 0.612. The van der Waals surface area contributed by atoms with Crippen molar-refractivity contribution in [3.8, 4) is 0 Å². The van der Waals surface area contributed by atoms with Gasteiger partial charge in [-0.2, -0.15) is 35.0 Å². The van der Waals surface area contributed by atoms with Crippen LogP contribution in [0.5, 0.6) is 0 Å². The smallest absolute Gasteiger partial charge is 0.297 e. The maximum atomic E-state index is 12.9. The Morgan fingerprint density at radius 1 is 0.731 bits per heavy atom. The van der Waals surface area contributed by atoms with Gasteiger partial charge in [-0.15, -0.1) is 0 Å². The minimum Gasteiger partial charge on any atom is -0.297 e. The Labute approximate surface area is 145 Å². The lowest BCUT2D eigenvalue weighted by Crippen LogP contribution is -2.57. The highest BCUT2D eigenvalue weighted by molar-refractivity contribution is 7.90. The molecule has 1 aliphatic heterocycles. The van der Waals surface area contributed by atoms with Crippen molar-refractivity contribution < 1.29 is 48.0 Å². The lowest BCUT2D eigenvalue weighted by molar-refractivity contribution is -0.119. The molecule has 26 heavy (non-hydrogen) atoms. The minimum absolute atomic E-state index is 0.180. The second-order valence-corrected chi connectivity index (χ2v) is 9.71. The normalized spacial score (nSPS) is 27.8. The number of hydrogen-bond donors (Lipinski definition) is 0. The van der Waals surface area contributed by atoms with Crippen LogP contribution in [0.4, 0.5) is 26.3 Å². The Kier molecular flexibility index (Phi) is 5.42. The summed E-state index contributed by atoms with van der Waals surface area (Å²) >= 11 is 0. The molecule has 0 bridgehead atoms. The van der Waals surface area contributed by atoms with Crippen LogP contribution in [-0.4, -0.2) is 67.4 Å². The first kappa shape index (κ1) is 21.4. The molecule has 2 atom stereocenters. The maximum Gasteiger partial charge on any atom is 0.511 e. The monoisotopic (exact) mass is 432 g/mol. The van der Waals surface area contributed by atoms with Crippen LogP contribution in [0.1, 0.15) is 25.7 Å². The molecule has 1 aliphatic carbocycles. The van der Waals surface area contributed by atoms with Gasteiger partial charge in [0.25, 0.3) is 0 Å². The fourth-order valence-corrected chi connectivity index (χ4v) is 5.55. The number of sulfonamides is 2. The molecule has 0 unspecified atom stereocenters. The van der Waals surface area contributed by atoms with Gasteiger partial charge in [0.05, 0.1) is 13.1 Å². The van der Waals surface area contributed by atoms with Crippen molar-refractivity contribution in [1.82, 2.24) is 8.61 Å². The molecule has 2 aliphatic rings. The van der Waals surface area contributed by atoms with E-state index in [1.165, 1.54) is 0 Å². The number of hydrogen-bond acceptors (Lipinski definition) is 5. The summed E-state index contributed by atoms with van der Waals surface area (Å²) in [5.74, 6) is -1.37. The van der Waals surface area contributed by atoms with Gasteiger partial charge in [0, 0.05) is 12.1 Å². The molecule has 0 spiro atoms. The van der Waals surface area contributed by atoms with Crippen molar-refractivity contribution in [3.05, 3.63) is 0 Å². The van der Waals surface area contributed by atoms with E-state index in [-0.39, 0.29) is 34.3 Å². The number of alkyl halides is 6. The second-order valence-electron chi connectivity index (χ2n) is 5.95. The molecule has 0 aromatic heterocycles. The van der Waals surface area contributed by atoms with Crippen LogP contribution >= 0.6 is 0 Å². The van der Waals surface area contributed by atoms with E-state index < -0.39 is 62.0 Å². The second kappa shape index (κ2) is 6.60. The van der Waals surface area contributed by atoms with Crippen LogP contribution in [0.25, 0.3) is 0 Å². The molecule has 2 fully saturated rings. The van der Waals surface area contributed by atoms with E-state index in [9.17, 15) is 48.0 Å². The first-order chi connectivity index (χ1) is 11.6. The molecule has 0 N–H and O–H groups in total. The number of rotatable bonds is 2. The van der Waals surface area contributed by atoms with E-state index in [0.717, 1.165) is 0 Å². The fraction of sp³-hybridized carbons (Fsp3) is 0.909. The largest absolute Gasteiger partial charge is 0.511 e. The van der Waals surface area contributed by atoms with Gasteiger partial charge < -0.3 is 0 Å². The van der Waals surface area contributed by atoms with E-state index in [4.69, 9.17) is 0 Å². The molecule has 1 heterocycles. The van der Waals surface area contributed by atoms with E-state index >= 15 is 0 Å². The molecule has 0 aromatic rings. The average molecular weight is 432 g/mol. The summed E-state index contributed by atoms with van der Waals surface area (Å²) in [4.78, 5) is 11.8. The van der Waals surface area contributed by atoms with Crippen molar-refractivity contribution >= 4 is 25.8 Å². The van der Waals surface area contributed by atoms with Gasteiger partial charge in [-0.3, -0.25) is 4.79 Å². The number of nitrogens with zero attached hydrogens (tertiary/aromatic N) is 2. The van der Waals surface area contributed by atoms with Gasteiger partial charge in [0.2, 0.25) is 0 Å². The first-order valence-corrected chi connectivity index (χ1v) is 10.2. The summed E-state index contributed by atoms with van der Waals surface area (Å²) in [6, 6.07) is -3.42. The van der Waals surface area contributed by atoms with E-state index in [0.29, 0.717) is 0 Å². The third kappa shape index (κ3) is 3.57. The van der Waals surface area contributed by atoms with Gasteiger partial charge in [-0.05, 0) is 12.8 Å². The van der Waals surface area contributed by atoms with Crippen LogP contribution in [0.15, 0.2) is 0 Å². The summed E-state index contributed by atoms with van der Waals surface area (Å²) in [6.07, 6.45) is -0.230. The van der Waals surface area contributed by atoms with Gasteiger partial charge in [-0.25, -0.2) is 16.8 Å². The topological polar surface area (TPSA) is 91.8 Å². The first-order valence-electron chi connectivity index (χ1n) is 7.28. The zero-order valence-corrected chi connectivity index (χ0v) is 14.6. The number of halogens is 6.